The molecular weight excluding hydrogens is 424 g/mol. The predicted molar refractivity (Wildman–Crippen MR) is 126 cm³/mol. The van der Waals surface area contributed by atoms with E-state index in [0.29, 0.717) is 27.7 Å². The van der Waals surface area contributed by atoms with Crippen molar-refractivity contribution >= 4 is 9.84 Å². The number of aromatic nitrogens is 3. The topological polar surface area (TPSA) is 98.0 Å². The molecule has 0 saturated carbocycles. The number of nitrogens with zero attached hydrogens (tertiary/aromatic N) is 3. The van der Waals surface area contributed by atoms with Gasteiger partial charge in [0, 0.05) is 25.2 Å². The first kappa shape index (κ1) is 21.9. The standard InChI is InChI=1S/C24H24N4O3S.H2/c1-16(2)32(29,30)20-10-8-19(9-11-20)22-14-26-15-23(27-22)24-12-21(28-31-24)18-6-4-17(5-7-18)13-25-3;/h4-12,14-16,25H,13H2,1-3H3;1H. The Bertz CT molecular complexity index is 1320. The molecule has 0 aliphatic carbocycles. The van der Waals surface area contributed by atoms with Crippen molar-refractivity contribution in [3.8, 4) is 34.0 Å². The van der Waals surface area contributed by atoms with Gasteiger partial charge >= 0.3 is 0 Å². The molecule has 32 heavy (non-hydrogen) atoms. The van der Waals surface area contributed by atoms with Gasteiger partial charge in [-0.1, -0.05) is 41.6 Å². The van der Waals surface area contributed by atoms with Gasteiger partial charge in [0.1, 0.15) is 11.4 Å². The second kappa shape index (κ2) is 9.02. The van der Waals surface area contributed by atoms with Crippen molar-refractivity contribution in [2.45, 2.75) is 30.5 Å². The van der Waals surface area contributed by atoms with E-state index in [4.69, 9.17) is 4.52 Å². The highest BCUT2D eigenvalue weighted by Crippen LogP contribution is 2.27. The average molecular weight is 451 g/mol. The summed E-state index contributed by atoms with van der Waals surface area (Å²) in [6, 6.07) is 16.6. The number of rotatable bonds is 7. The fourth-order valence-electron chi connectivity index (χ4n) is 3.24. The van der Waals surface area contributed by atoms with Crippen LogP contribution >= 0.6 is 0 Å². The van der Waals surface area contributed by atoms with Crippen LogP contribution in [0.2, 0.25) is 0 Å². The Morgan fingerprint density at radius 3 is 2.22 bits per heavy atom. The van der Waals surface area contributed by atoms with Gasteiger partial charge in [-0.25, -0.2) is 13.4 Å². The lowest BCUT2D eigenvalue weighted by Crippen LogP contribution is -2.13. The minimum Gasteiger partial charge on any atom is -0.354 e. The molecule has 0 bridgehead atoms. The first-order chi connectivity index (χ1) is 15.4. The summed E-state index contributed by atoms with van der Waals surface area (Å²) in [7, 11) is -1.41. The highest BCUT2D eigenvalue weighted by atomic mass is 32.2. The van der Waals surface area contributed by atoms with Crippen LogP contribution in [0.15, 0.2) is 76.4 Å². The summed E-state index contributed by atoms with van der Waals surface area (Å²) < 4.78 is 30.2. The first-order valence-electron chi connectivity index (χ1n) is 10.3. The van der Waals surface area contributed by atoms with Crippen molar-refractivity contribution in [3.05, 3.63) is 72.6 Å². The minimum absolute atomic E-state index is 0. The summed E-state index contributed by atoms with van der Waals surface area (Å²) in [5.41, 5.74) is 4.78. The van der Waals surface area contributed by atoms with Gasteiger partial charge in [-0.15, -0.1) is 0 Å². The van der Waals surface area contributed by atoms with Gasteiger partial charge < -0.3 is 9.84 Å². The molecule has 0 aliphatic heterocycles. The van der Waals surface area contributed by atoms with E-state index >= 15 is 0 Å². The number of sulfone groups is 1. The van der Waals surface area contributed by atoms with Crippen LogP contribution in [0.25, 0.3) is 34.0 Å². The van der Waals surface area contributed by atoms with Crippen molar-refractivity contribution in [2.75, 3.05) is 7.05 Å². The lowest BCUT2D eigenvalue weighted by molar-refractivity contribution is 0.433. The molecular formula is C24H26N4O3S. The first-order valence-corrected chi connectivity index (χ1v) is 11.8. The largest absolute Gasteiger partial charge is 0.354 e. The Morgan fingerprint density at radius 2 is 1.56 bits per heavy atom. The Balaban J connectivity index is 0.00000306. The van der Waals surface area contributed by atoms with Crippen LogP contribution < -0.4 is 5.32 Å². The van der Waals surface area contributed by atoms with Gasteiger partial charge in [0.25, 0.3) is 0 Å². The molecule has 0 atom stereocenters. The SMILES string of the molecule is CNCc1ccc(-c2cc(-c3cncc(-c4ccc(S(=O)(=O)C(C)C)cc4)n3)on2)cc1.[HH]. The Kier molecular flexibility index (Phi) is 6.16. The van der Waals surface area contributed by atoms with Gasteiger partial charge in [0.05, 0.1) is 28.2 Å². The van der Waals surface area contributed by atoms with E-state index in [1.54, 1.807) is 50.5 Å². The van der Waals surface area contributed by atoms with E-state index in [0.717, 1.165) is 17.7 Å². The molecule has 2 aromatic heterocycles. The molecule has 0 radical (unpaired) electrons. The quantitative estimate of drug-likeness (QED) is 0.439. The van der Waals surface area contributed by atoms with Gasteiger partial charge in [0.2, 0.25) is 0 Å². The van der Waals surface area contributed by atoms with Crippen molar-refractivity contribution < 1.29 is 14.4 Å². The maximum absolute atomic E-state index is 12.3. The summed E-state index contributed by atoms with van der Waals surface area (Å²) in [6.45, 7) is 4.14. The van der Waals surface area contributed by atoms with Crippen LogP contribution in [0.3, 0.4) is 0 Å². The molecule has 0 fully saturated rings. The second-order valence-corrected chi connectivity index (χ2v) is 10.2. The van der Waals surface area contributed by atoms with Crippen LogP contribution in [-0.4, -0.2) is 35.8 Å². The van der Waals surface area contributed by atoms with E-state index < -0.39 is 15.1 Å². The highest BCUT2D eigenvalue weighted by molar-refractivity contribution is 7.92. The van der Waals surface area contributed by atoms with Crippen molar-refractivity contribution in [1.82, 2.24) is 20.4 Å². The summed E-state index contributed by atoms with van der Waals surface area (Å²) in [5, 5.41) is 6.82. The molecule has 1 N–H and O–H groups in total. The third-order valence-corrected chi connectivity index (χ3v) is 7.30. The molecule has 0 unspecified atom stereocenters. The summed E-state index contributed by atoms with van der Waals surface area (Å²) in [5.74, 6) is 0.507. The van der Waals surface area contributed by atoms with Crippen LogP contribution in [0.1, 0.15) is 20.8 Å². The zero-order chi connectivity index (χ0) is 22.7. The summed E-state index contributed by atoms with van der Waals surface area (Å²) in [4.78, 5) is 9.20. The van der Waals surface area contributed by atoms with E-state index in [2.05, 4.69) is 20.4 Å². The summed E-state index contributed by atoms with van der Waals surface area (Å²) >= 11 is 0. The summed E-state index contributed by atoms with van der Waals surface area (Å²) in [6.07, 6.45) is 3.24. The van der Waals surface area contributed by atoms with E-state index in [9.17, 15) is 8.42 Å². The molecule has 2 heterocycles. The second-order valence-electron chi connectivity index (χ2n) is 7.71. The van der Waals surface area contributed by atoms with E-state index in [-0.39, 0.29) is 1.43 Å². The van der Waals surface area contributed by atoms with Crippen LogP contribution in [0.4, 0.5) is 0 Å². The number of hydrogen-bond donors (Lipinski definition) is 1. The molecule has 8 heteroatoms. The highest BCUT2D eigenvalue weighted by Gasteiger charge is 2.19. The Hall–Kier alpha value is -3.36. The molecule has 0 saturated heterocycles. The number of nitrogens with one attached hydrogen (secondary N) is 1. The van der Waals surface area contributed by atoms with Crippen molar-refractivity contribution in [3.63, 3.8) is 0 Å². The number of hydrogen-bond acceptors (Lipinski definition) is 7. The molecule has 0 amide bonds. The Morgan fingerprint density at radius 1 is 0.938 bits per heavy atom. The molecule has 0 spiro atoms. The van der Waals surface area contributed by atoms with Crippen LogP contribution in [0.5, 0.6) is 0 Å². The van der Waals surface area contributed by atoms with Crippen LogP contribution in [-0.2, 0) is 16.4 Å². The van der Waals surface area contributed by atoms with Crippen molar-refractivity contribution in [2.24, 2.45) is 0 Å². The lowest BCUT2D eigenvalue weighted by atomic mass is 10.1. The predicted octanol–water partition coefficient (Wildman–Crippen LogP) is 4.61. The zero-order valence-electron chi connectivity index (χ0n) is 18.1. The fourth-order valence-corrected chi connectivity index (χ4v) is 4.30. The third kappa shape index (κ3) is 4.46. The molecule has 2 aromatic carbocycles. The fraction of sp³-hybridized carbons (Fsp3) is 0.208. The van der Waals surface area contributed by atoms with E-state index in [1.807, 2.05) is 37.4 Å². The van der Waals surface area contributed by atoms with Crippen LogP contribution in [0, 0.1) is 0 Å². The maximum Gasteiger partial charge on any atom is 0.187 e. The van der Waals surface area contributed by atoms with Crippen molar-refractivity contribution in [1.29, 1.82) is 0 Å². The molecule has 7 nitrogen and oxygen atoms in total. The number of benzene rings is 2. The smallest absolute Gasteiger partial charge is 0.187 e. The lowest BCUT2D eigenvalue weighted by Gasteiger charge is -2.08. The average Bonchev–Trinajstić information content (AvgIpc) is 3.30. The maximum atomic E-state index is 12.3. The van der Waals surface area contributed by atoms with Gasteiger partial charge in [-0.05, 0) is 38.6 Å². The zero-order valence-corrected chi connectivity index (χ0v) is 18.9. The van der Waals surface area contributed by atoms with Gasteiger partial charge in [-0.3, -0.25) is 4.98 Å². The molecule has 166 valence electrons. The van der Waals surface area contributed by atoms with E-state index in [1.165, 1.54) is 5.56 Å². The monoisotopic (exact) mass is 450 g/mol. The third-order valence-electron chi connectivity index (χ3n) is 5.13. The molecule has 0 aliphatic rings. The Labute approximate surface area is 188 Å². The van der Waals surface area contributed by atoms with Gasteiger partial charge in [0.15, 0.2) is 15.6 Å². The minimum atomic E-state index is -3.32. The van der Waals surface area contributed by atoms with Gasteiger partial charge in [-0.2, -0.15) is 0 Å². The normalized spacial score (nSPS) is 11.8. The molecule has 4 aromatic rings. The molecule has 4 rings (SSSR count).